The van der Waals surface area contributed by atoms with E-state index in [1.165, 1.54) is 12.8 Å². The molecular formula is C13H22O2. The largest absolute Gasteiger partial charge is 0.349 e. The van der Waals surface area contributed by atoms with Crippen molar-refractivity contribution in [2.24, 2.45) is 5.41 Å². The summed E-state index contributed by atoms with van der Waals surface area (Å²) in [5.41, 5.74) is 0.315. The lowest BCUT2D eigenvalue weighted by Gasteiger charge is -2.46. The highest BCUT2D eigenvalue weighted by molar-refractivity contribution is 4.91. The smallest absolute Gasteiger partial charge is 0.169 e. The van der Waals surface area contributed by atoms with E-state index < -0.39 is 0 Å². The molecule has 0 radical (unpaired) electrons. The average Bonchev–Trinajstić information content (AvgIpc) is 2.24. The SMILES string of the molecule is C=C[C@H]1CCC[C@@]2(CCC(C)(C)CO2)O1. The zero-order valence-corrected chi connectivity index (χ0v) is 9.92. The van der Waals surface area contributed by atoms with Crippen molar-refractivity contribution in [1.82, 2.24) is 0 Å². The van der Waals surface area contributed by atoms with Crippen LogP contribution in [0.25, 0.3) is 0 Å². The van der Waals surface area contributed by atoms with Crippen molar-refractivity contribution >= 4 is 0 Å². The summed E-state index contributed by atoms with van der Waals surface area (Å²) >= 11 is 0. The van der Waals surface area contributed by atoms with Crippen LogP contribution in [0, 0.1) is 5.41 Å². The van der Waals surface area contributed by atoms with Crippen LogP contribution in [0.5, 0.6) is 0 Å². The molecule has 0 unspecified atom stereocenters. The Labute approximate surface area is 92.6 Å². The highest BCUT2D eigenvalue weighted by Gasteiger charge is 2.43. The van der Waals surface area contributed by atoms with Gasteiger partial charge in [0.15, 0.2) is 5.79 Å². The predicted octanol–water partition coefficient (Wildman–Crippen LogP) is 3.27. The van der Waals surface area contributed by atoms with E-state index in [4.69, 9.17) is 9.47 Å². The number of ether oxygens (including phenoxy) is 2. The van der Waals surface area contributed by atoms with Crippen LogP contribution in [-0.2, 0) is 9.47 Å². The first kappa shape index (κ1) is 11.2. The van der Waals surface area contributed by atoms with Crippen LogP contribution in [0.1, 0.15) is 46.0 Å². The van der Waals surface area contributed by atoms with Crippen LogP contribution >= 0.6 is 0 Å². The number of rotatable bonds is 1. The molecule has 0 aliphatic carbocycles. The van der Waals surface area contributed by atoms with Gasteiger partial charge in [0.05, 0.1) is 12.7 Å². The molecule has 0 saturated carbocycles. The van der Waals surface area contributed by atoms with Gasteiger partial charge in [-0.15, -0.1) is 6.58 Å². The van der Waals surface area contributed by atoms with Crippen molar-refractivity contribution < 1.29 is 9.47 Å². The maximum absolute atomic E-state index is 6.02. The first-order chi connectivity index (χ1) is 7.05. The first-order valence-corrected chi connectivity index (χ1v) is 6.00. The summed E-state index contributed by atoms with van der Waals surface area (Å²) < 4.78 is 12.0. The third-order valence-corrected chi connectivity index (χ3v) is 3.58. The minimum Gasteiger partial charge on any atom is -0.349 e. The minimum atomic E-state index is -0.285. The van der Waals surface area contributed by atoms with Crippen molar-refractivity contribution in [2.75, 3.05) is 6.61 Å². The lowest BCUT2D eigenvalue weighted by atomic mass is 9.82. The number of hydrogen-bond donors (Lipinski definition) is 0. The van der Waals surface area contributed by atoms with Crippen molar-refractivity contribution in [3.05, 3.63) is 12.7 Å². The van der Waals surface area contributed by atoms with E-state index in [9.17, 15) is 0 Å². The van der Waals surface area contributed by atoms with Gasteiger partial charge >= 0.3 is 0 Å². The van der Waals surface area contributed by atoms with Gasteiger partial charge in [-0.2, -0.15) is 0 Å². The van der Waals surface area contributed by atoms with E-state index in [0.29, 0.717) is 5.41 Å². The highest BCUT2D eigenvalue weighted by Crippen LogP contribution is 2.42. The van der Waals surface area contributed by atoms with Crippen molar-refractivity contribution in [3.8, 4) is 0 Å². The third kappa shape index (κ3) is 2.43. The van der Waals surface area contributed by atoms with E-state index >= 15 is 0 Å². The normalized spacial score (nSPS) is 40.3. The molecule has 0 aromatic carbocycles. The van der Waals surface area contributed by atoms with Crippen LogP contribution in [0.4, 0.5) is 0 Å². The maximum atomic E-state index is 6.02. The molecule has 2 aliphatic rings. The van der Waals surface area contributed by atoms with Crippen LogP contribution in [0.2, 0.25) is 0 Å². The molecule has 86 valence electrons. The second-order valence-corrected chi connectivity index (χ2v) is 5.65. The molecule has 0 N–H and O–H groups in total. The molecule has 0 aromatic heterocycles. The fraction of sp³-hybridized carbons (Fsp3) is 0.846. The summed E-state index contributed by atoms with van der Waals surface area (Å²) in [7, 11) is 0. The average molecular weight is 210 g/mol. The number of hydrogen-bond acceptors (Lipinski definition) is 2. The third-order valence-electron chi connectivity index (χ3n) is 3.58. The fourth-order valence-electron chi connectivity index (χ4n) is 2.42. The minimum absolute atomic E-state index is 0.194. The molecule has 0 aromatic rings. The zero-order valence-electron chi connectivity index (χ0n) is 9.92. The Morgan fingerprint density at radius 1 is 1.27 bits per heavy atom. The molecular weight excluding hydrogens is 188 g/mol. The lowest BCUT2D eigenvalue weighted by Crippen LogP contribution is -2.48. The van der Waals surface area contributed by atoms with Gasteiger partial charge in [-0.25, -0.2) is 0 Å². The Kier molecular flexibility index (Phi) is 2.91. The van der Waals surface area contributed by atoms with Gasteiger partial charge in [0.2, 0.25) is 0 Å². The van der Waals surface area contributed by atoms with Crippen LogP contribution < -0.4 is 0 Å². The van der Waals surface area contributed by atoms with Crippen molar-refractivity contribution in [2.45, 2.75) is 57.8 Å². The van der Waals surface area contributed by atoms with Gasteiger partial charge in [-0.05, 0) is 24.7 Å². The molecule has 2 fully saturated rings. The molecule has 1 spiro atoms. The summed E-state index contributed by atoms with van der Waals surface area (Å²) in [6, 6.07) is 0. The van der Waals surface area contributed by atoms with Crippen LogP contribution in [0.3, 0.4) is 0 Å². The monoisotopic (exact) mass is 210 g/mol. The topological polar surface area (TPSA) is 18.5 Å². The summed E-state index contributed by atoms with van der Waals surface area (Å²) in [5, 5.41) is 0. The zero-order chi connectivity index (χ0) is 10.9. The van der Waals surface area contributed by atoms with Gasteiger partial charge in [-0.3, -0.25) is 0 Å². The molecule has 2 atom stereocenters. The van der Waals surface area contributed by atoms with E-state index in [1.807, 2.05) is 6.08 Å². The van der Waals surface area contributed by atoms with Gasteiger partial charge in [0.25, 0.3) is 0 Å². The van der Waals surface area contributed by atoms with Crippen molar-refractivity contribution in [1.29, 1.82) is 0 Å². The van der Waals surface area contributed by atoms with Gasteiger partial charge in [0.1, 0.15) is 0 Å². The molecule has 2 saturated heterocycles. The van der Waals surface area contributed by atoms with E-state index in [1.54, 1.807) is 0 Å². The Bertz CT molecular complexity index is 235. The molecule has 2 nitrogen and oxygen atoms in total. The van der Waals surface area contributed by atoms with Crippen LogP contribution in [0.15, 0.2) is 12.7 Å². The second kappa shape index (κ2) is 3.91. The van der Waals surface area contributed by atoms with E-state index in [-0.39, 0.29) is 11.9 Å². The van der Waals surface area contributed by atoms with Gasteiger partial charge < -0.3 is 9.47 Å². The summed E-state index contributed by atoms with van der Waals surface area (Å²) in [4.78, 5) is 0. The maximum Gasteiger partial charge on any atom is 0.169 e. The Morgan fingerprint density at radius 3 is 2.67 bits per heavy atom. The standard InChI is InChI=1S/C13H22O2/c1-4-11-6-5-7-13(15-11)9-8-12(2,3)10-14-13/h4,11H,1,5-10H2,2-3H3/t11-,13-/m0/s1. The Hall–Kier alpha value is -0.340. The Morgan fingerprint density at radius 2 is 2.07 bits per heavy atom. The molecule has 15 heavy (non-hydrogen) atoms. The summed E-state index contributed by atoms with van der Waals surface area (Å²) in [6.45, 7) is 9.14. The summed E-state index contributed by atoms with van der Waals surface area (Å²) in [5.74, 6) is -0.285. The molecule has 2 heteroatoms. The fourth-order valence-corrected chi connectivity index (χ4v) is 2.42. The van der Waals surface area contributed by atoms with Gasteiger partial charge in [-0.1, -0.05) is 19.9 Å². The van der Waals surface area contributed by atoms with E-state index in [0.717, 1.165) is 25.9 Å². The molecule has 2 heterocycles. The predicted molar refractivity (Wildman–Crippen MR) is 60.6 cm³/mol. The molecule has 2 rings (SSSR count). The second-order valence-electron chi connectivity index (χ2n) is 5.65. The van der Waals surface area contributed by atoms with Crippen molar-refractivity contribution in [3.63, 3.8) is 0 Å². The molecule has 0 bridgehead atoms. The molecule has 2 aliphatic heterocycles. The Balaban J connectivity index is 1.99. The quantitative estimate of drug-likeness (QED) is 0.618. The highest BCUT2D eigenvalue weighted by atomic mass is 16.7. The van der Waals surface area contributed by atoms with Gasteiger partial charge in [0, 0.05) is 12.8 Å². The molecule has 0 amide bonds. The van der Waals surface area contributed by atoms with Crippen LogP contribution in [-0.4, -0.2) is 18.5 Å². The first-order valence-electron chi connectivity index (χ1n) is 6.00. The van der Waals surface area contributed by atoms with E-state index in [2.05, 4.69) is 20.4 Å². The lowest BCUT2D eigenvalue weighted by molar-refractivity contribution is -0.302. The summed E-state index contributed by atoms with van der Waals surface area (Å²) in [6.07, 6.45) is 7.66.